The second kappa shape index (κ2) is 6.87. The zero-order valence-corrected chi connectivity index (χ0v) is 13.6. The lowest BCUT2D eigenvalue weighted by Crippen LogP contribution is -2.09. The molecule has 2 aromatic carbocycles. The van der Waals surface area contributed by atoms with Crippen LogP contribution in [0.1, 0.15) is 11.1 Å². The second-order valence-electron chi connectivity index (χ2n) is 4.25. The third kappa shape index (κ3) is 3.92. The minimum atomic E-state index is -0.330. The minimum absolute atomic E-state index is 0.0991. The van der Waals surface area contributed by atoms with Crippen molar-refractivity contribution in [2.24, 2.45) is 5.73 Å². The normalized spacial score (nSPS) is 10.2. The summed E-state index contributed by atoms with van der Waals surface area (Å²) in [7, 11) is 1.52. The van der Waals surface area contributed by atoms with Crippen LogP contribution >= 0.6 is 28.1 Å². The maximum Gasteiger partial charge on any atom is 0.161 e. The molecule has 0 saturated heterocycles. The number of rotatable bonds is 5. The van der Waals surface area contributed by atoms with Gasteiger partial charge in [0.15, 0.2) is 11.5 Å². The van der Waals surface area contributed by atoms with Gasteiger partial charge in [-0.15, -0.1) is 0 Å². The molecule has 0 aliphatic carbocycles. The van der Waals surface area contributed by atoms with E-state index in [0.717, 1.165) is 0 Å². The number of thiocarbonyl (C=S) groups is 1. The summed E-state index contributed by atoms with van der Waals surface area (Å²) >= 11 is 8.12. The molecule has 0 bridgehead atoms. The Morgan fingerprint density at radius 1 is 1.24 bits per heavy atom. The highest BCUT2D eigenvalue weighted by Crippen LogP contribution is 2.29. The Morgan fingerprint density at radius 3 is 2.62 bits per heavy atom. The van der Waals surface area contributed by atoms with E-state index in [2.05, 4.69) is 15.9 Å². The van der Waals surface area contributed by atoms with Crippen LogP contribution in [-0.4, -0.2) is 12.1 Å². The fraction of sp³-hybridized carbons (Fsp3) is 0.133. The first kappa shape index (κ1) is 15.7. The summed E-state index contributed by atoms with van der Waals surface area (Å²) in [5.74, 6) is 0.667. The van der Waals surface area contributed by atoms with Crippen LogP contribution < -0.4 is 15.2 Å². The predicted molar refractivity (Wildman–Crippen MR) is 87.3 cm³/mol. The van der Waals surface area contributed by atoms with Crippen LogP contribution in [0.15, 0.2) is 40.9 Å². The Morgan fingerprint density at radius 2 is 2.00 bits per heavy atom. The van der Waals surface area contributed by atoms with Gasteiger partial charge in [-0.25, -0.2) is 4.39 Å². The van der Waals surface area contributed by atoms with Gasteiger partial charge in [0, 0.05) is 15.6 Å². The zero-order valence-electron chi connectivity index (χ0n) is 11.2. The van der Waals surface area contributed by atoms with E-state index in [9.17, 15) is 4.39 Å². The van der Waals surface area contributed by atoms with E-state index in [0.29, 0.717) is 27.1 Å². The smallest absolute Gasteiger partial charge is 0.161 e. The number of benzene rings is 2. The Bertz CT molecular complexity index is 679. The van der Waals surface area contributed by atoms with Gasteiger partial charge in [0.1, 0.15) is 17.4 Å². The Kier molecular flexibility index (Phi) is 5.14. The summed E-state index contributed by atoms with van der Waals surface area (Å²) < 4.78 is 25.3. The summed E-state index contributed by atoms with van der Waals surface area (Å²) in [5, 5.41) is 0. The summed E-state index contributed by atoms with van der Waals surface area (Å²) in [5.41, 5.74) is 6.71. The van der Waals surface area contributed by atoms with E-state index < -0.39 is 0 Å². The van der Waals surface area contributed by atoms with Crippen molar-refractivity contribution >= 4 is 33.1 Å². The average Bonchev–Trinajstić information content (AvgIpc) is 2.46. The van der Waals surface area contributed by atoms with Crippen molar-refractivity contribution in [1.82, 2.24) is 0 Å². The molecule has 0 fully saturated rings. The molecule has 2 N–H and O–H groups in total. The Balaban J connectivity index is 2.17. The molecule has 0 saturated carbocycles. The lowest BCUT2D eigenvalue weighted by Gasteiger charge is -2.12. The zero-order chi connectivity index (χ0) is 15.4. The fourth-order valence-electron chi connectivity index (χ4n) is 1.73. The number of nitrogens with two attached hydrogens (primary N) is 1. The maximum absolute atomic E-state index is 13.7. The lowest BCUT2D eigenvalue weighted by atomic mass is 10.2. The van der Waals surface area contributed by atoms with E-state index in [1.807, 2.05) is 0 Å². The SMILES string of the molecule is COc1cc(C(N)=S)ccc1OCc1ccc(Br)cc1F. The highest BCUT2D eigenvalue weighted by molar-refractivity contribution is 9.10. The summed E-state index contributed by atoms with van der Waals surface area (Å²) in [6, 6.07) is 9.94. The van der Waals surface area contributed by atoms with Crippen molar-refractivity contribution in [1.29, 1.82) is 0 Å². The molecule has 0 aromatic heterocycles. The lowest BCUT2D eigenvalue weighted by molar-refractivity contribution is 0.279. The van der Waals surface area contributed by atoms with Crippen LogP contribution in [0.5, 0.6) is 11.5 Å². The van der Waals surface area contributed by atoms with E-state index in [1.54, 1.807) is 30.3 Å². The highest BCUT2D eigenvalue weighted by atomic mass is 79.9. The molecule has 6 heteroatoms. The average molecular weight is 370 g/mol. The van der Waals surface area contributed by atoms with Gasteiger partial charge >= 0.3 is 0 Å². The van der Waals surface area contributed by atoms with E-state index in [1.165, 1.54) is 13.2 Å². The number of hydrogen-bond donors (Lipinski definition) is 1. The third-order valence-electron chi connectivity index (χ3n) is 2.85. The molecule has 21 heavy (non-hydrogen) atoms. The van der Waals surface area contributed by atoms with Gasteiger partial charge in [0.2, 0.25) is 0 Å². The van der Waals surface area contributed by atoms with Gasteiger partial charge in [-0.1, -0.05) is 34.2 Å². The monoisotopic (exact) mass is 369 g/mol. The van der Waals surface area contributed by atoms with Gasteiger partial charge in [-0.3, -0.25) is 0 Å². The molecule has 3 nitrogen and oxygen atoms in total. The molecule has 0 radical (unpaired) electrons. The fourth-order valence-corrected chi connectivity index (χ4v) is 2.19. The van der Waals surface area contributed by atoms with Crippen LogP contribution in [0.2, 0.25) is 0 Å². The molecule has 0 spiro atoms. The van der Waals surface area contributed by atoms with Gasteiger partial charge in [0.05, 0.1) is 7.11 Å². The van der Waals surface area contributed by atoms with Gasteiger partial charge in [-0.05, 0) is 30.3 Å². The molecule has 110 valence electrons. The van der Waals surface area contributed by atoms with E-state index in [-0.39, 0.29) is 17.4 Å². The van der Waals surface area contributed by atoms with Crippen LogP contribution in [0.3, 0.4) is 0 Å². The summed E-state index contributed by atoms with van der Waals surface area (Å²) in [6.45, 7) is 0.0991. The number of halogens is 2. The molecule has 2 aromatic rings. The van der Waals surface area contributed by atoms with Crippen LogP contribution in [-0.2, 0) is 6.61 Å². The molecule has 0 atom stereocenters. The molecule has 0 unspecified atom stereocenters. The second-order valence-corrected chi connectivity index (χ2v) is 5.61. The first-order chi connectivity index (χ1) is 10.0. The maximum atomic E-state index is 13.7. The van der Waals surface area contributed by atoms with Crippen molar-refractivity contribution in [3.63, 3.8) is 0 Å². The molecule has 2 rings (SSSR count). The Labute approximate surface area is 136 Å². The highest BCUT2D eigenvalue weighted by Gasteiger charge is 2.09. The van der Waals surface area contributed by atoms with Gasteiger partial charge in [-0.2, -0.15) is 0 Å². The number of hydrogen-bond acceptors (Lipinski definition) is 3. The number of methoxy groups -OCH3 is 1. The van der Waals surface area contributed by atoms with Crippen molar-refractivity contribution in [3.8, 4) is 11.5 Å². The van der Waals surface area contributed by atoms with Crippen LogP contribution in [0, 0.1) is 5.82 Å². The topological polar surface area (TPSA) is 44.5 Å². The largest absolute Gasteiger partial charge is 0.493 e. The first-order valence-corrected chi connectivity index (χ1v) is 7.26. The van der Waals surface area contributed by atoms with Gasteiger partial charge < -0.3 is 15.2 Å². The van der Waals surface area contributed by atoms with Gasteiger partial charge in [0.25, 0.3) is 0 Å². The molecule has 0 amide bonds. The third-order valence-corrected chi connectivity index (χ3v) is 3.58. The molecule has 0 aliphatic rings. The van der Waals surface area contributed by atoms with Crippen molar-refractivity contribution < 1.29 is 13.9 Å². The summed E-state index contributed by atoms with van der Waals surface area (Å²) in [6.07, 6.45) is 0. The summed E-state index contributed by atoms with van der Waals surface area (Å²) in [4.78, 5) is 0.277. The van der Waals surface area contributed by atoms with E-state index in [4.69, 9.17) is 27.4 Å². The first-order valence-electron chi connectivity index (χ1n) is 6.06. The Hall–Kier alpha value is -1.66. The minimum Gasteiger partial charge on any atom is -0.493 e. The molecule has 0 aliphatic heterocycles. The standard InChI is InChI=1S/C15H13BrFNO2S/c1-19-14-6-9(15(18)21)3-5-13(14)20-8-10-2-4-11(16)7-12(10)17/h2-7H,8H2,1H3,(H2,18,21). The quantitative estimate of drug-likeness (QED) is 0.813. The molecule has 0 heterocycles. The van der Waals surface area contributed by atoms with Crippen molar-refractivity contribution in [3.05, 3.63) is 57.8 Å². The predicted octanol–water partition coefficient (Wildman–Crippen LogP) is 3.81. The van der Waals surface area contributed by atoms with Crippen LogP contribution in [0.4, 0.5) is 4.39 Å². The van der Waals surface area contributed by atoms with Crippen LogP contribution in [0.25, 0.3) is 0 Å². The molecular weight excluding hydrogens is 357 g/mol. The molecular formula is C15H13BrFNO2S. The van der Waals surface area contributed by atoms with Crippen molar-refractivity contribution in [2.45, 2.75) is 6.61 Å². The number of ether oxygens (including phenoxy) is 2. The van der Waals surface area contributed by atoms with Crippen molar-refractivity contribution in [2.75, 3.05) is 7.11 Å². The van der Waals surface area contributed by atoms with E-state index >= 15 is 0 Å².